The minimum Gasteiger partial charge on any atom is -0.0839 e. The molecule has 3 atom stereocenters. The topological polar surface area (TPSA) is 0 Å². The first kappa shape index (κ1) is 16.3. The molecule has 0 aliphatic heterocycles. The van der Waals surface area contributed by atoms with E-state index in [0.29, 0.717) is 17.8 Å². The molecule has 3 aromatic rings. The van der Waals surface area contributed by atoms with E-state index in [1.807, 2.05) is 0 Å². The average molecular weight is 348 g/mol. The van der Waals surface area contributed by atoms with Crippen LogP contribution >= 0.6 is 0 Å². The predicted molar refractivity (Wildman–Crippen MR) is 113 cm³/mol. The molecule has 0 N–H and O–H groups in total. The van der Waals surface area contributed by atoms with Gasteiger partial charge in [-0.2, -0.15) is 0 Å². The zero-order valence-electron chi connectivity index (χ0n) is 15.5. The third kappa shape index (κ3) is 2.86. The quantitative estimate of drug-likeness (QED) is 0.478. The van der Waals surface area contributed by atoms with Crippen molar-refractivity contribution in [2.45, 2.75) is 30.6 Å². The van der Waals surface area contributed by atoms with Gasteiger partial charge in [-0.1, -0.05) is 109 Å². The van der Waals surface area contributed by atoms with Gasteiger partial charge in [0.25, 0.3) is 0 Å². The van der Waals surface area contributed by atoms with E-state index in [2.05, 4.69) is 103 Å². The summed E-state index contributed by atoms with van der Waals surface area (Å²) in [7, 11) is 0. The average Bonchev–Trinajstić information content (AvgIpc) is 3.11. The fourth-order valence-electron chi connectivity index (χ4n) is 5.12. The number of benzene rings is 3. The summed E-state index contributed by atoms with van der Waals surface area (Å²) in [5, 5.41) is 0. The highest BCUT2D eigenvalue weighted by Crippen LogP contribution is 2.59. The van der Waals surface area contributed by atoms with Crippen molar-refractivity contribution >= 4 is 0 Å². The zero-order valence-corrected chi connectivity index (χ0v) is 15.5. The lowest BCUT2D eigenvalue weighted by Crippen LogP contribution is -2.14. The van der Waals surface area contributed by atoms with Crippen LogP contribution in [0.2, 0.25) is 0 Å². The fraction of sp³-hybridized carbons (Fsp3) is 0.185. The molecular formula is C27H24. The second kappa shape index (κ2) is 7.04. The normalized spacial score (nSPS) is 24.1. The largest absolute Gasteiger partial charge is 0.0839 e. The van der Waals surface area contributed by atoms with Gasteiger partial charge in [0.2, 0.25) is 0 Å². The maximum Gasteiger partial charge on any atom is 0.0167 e. The number of hydrogen-bond acceptors (Lipinski definition) is 0. The van der Waals surface area contributed by atoms with Crippen molar-refractivity contribution in [3.63, 3.8) is 0 Å². The van der Waals surface area contributed by atoms with Gasteiger partial charge in [0.15, 0.2) is 0 Å². The summed E-state index contributed by atoms with van der Waals surface area (Å²) in [5.41, 5.74) is 7.53. The van der Waals surface area contributed by atoms with Crippen LogP contribution in [0.25, 0.3) is 0 Å². The third-order valence-corrected chi connectivity index (χ3v) is 6.18. The molecular weight excluding hydrogens is 324 g/mol. The molecule has 0 aromatic heterocycles. The lowest BCUT2D eigenvalue weighted by molar-refractivity contribution is 0.579. The molecule has 0 heterocycles. The van der Waals surface area contributed by atoms with Crippen LogP contribution in [-0.4, -0.2) is 0 Å². The first-order valence-corrected chi connectivity index (χ1v) is 9.98. The van der Waals surface area contributed by atoms with Crippen LogP contribution in [0.1, 0.15) is 47.3 Å². The smallest absolute Gasteiger partial charge is 0.0167 e. The Hall–Kier alpha value is -2.86. The van der Waals surface area contributed by atoms with E-state index in [0.717, 1.165) is 6.42 Å². The van der Waals surface area contributed by atoms with Crippen molar-refractivity contribution in [2.75, 3.05) is 0 Å². The Kier molecular flexibility index (Phi) is 4.26. The summed E-state index contributed by atoms with van der Waals surface area (Å²) in [4.78, 5) is 0. The summed E-state index contributed by atoms with van der Waals surface area (Å²) in [5.74, 6) is 1.33. The zero-order chi connectivity index (χ0) is 18.1. The van der Waals surface area contributed by atoms with Gasteiger partial charge in [-0.05, 0) is 35.1 Å². The molecule has 132 valence electrons. The highest BCUT2D eigenvalue weighted by atomic mass is 14.5. The molecule has 0 heteroatoms. The maximum atomic E-state index is 2.41. The summed E-state index contributed by atoms with van der Waals surface area (Å²) in [6.45, 7) is 0. The van der Waals surface area contributed by atoms with Crippen molar-refractivity contribution in [3.8, 4) is 0 Å². The van der Waals surface area contributed by atoms with Gasteiger partial charge in [-0.15, -0.1) is 0 Å². The number of hydrogen-bond donors (Lipinski definition) is 0. The molecule has 0 saturated carbocycles. The van der Waals surface area contributed by atoms with Gasteiger partial charge in [-0.3, -0.25) is 0 Å². The van der Waals surface area contributed by atoms with E-state index >= 15 is 0 Å². The minimum atomic E-state index is 0.422. The molecule has 0 amide bonds. The van der Waals surface area contributed by atoms with Crippen molar-refractivity contribution < 1.29 is 0 Å². The second-order valence-corrected chi connectivity index (χ2v) is 7.63. The van der Waals surface area contributed by atoms with E-state index in [1.54, 1.807) is 11.1 Å². The summed E-state index contributed by atoms with van der Waals surface area (Å²) < 4.78 is 0. The molecule has 0 spiro atoms. The van der Waals surface area contributed by atoms with Crippen molar-refractivity contribution in [1.29, 1.82) is 0 Å². The minimum absolute atomic E-state index is 0.422. The van der Waals surface area contributed by atoms with E-state index in [9.17, 15) is 0 Å². The van der Waals surface area contributed by atoms with Gasteiger partial charge >= 0.3 is 0 Å². The first-order valence-electron chi connectivity index (χ1n) is 9.98. The van der Waals surface area contributed by atoms with E-state index in [-0.39, 0.29) is 0 Å². The van der Waals surface area contributed by atoms with Crippen molar-refractivity contribution in [1.82, 2.24) is 0 Å². The monoisotopic (exact) mass is 348 g/mol. The van der Waals surface area contributed by atoms with Crippen LogP contribution in [0.5, 0.6) is 0 Å². The van der Waals surface area contributed by atoms with Crippen molar-refractivity contribution in [2.24, 2.45) is 0 Å². The Morgan fingerprint density at radius 1 is 0.556 bits per heavy atom. The molecule has 5 rings (SSSR count). The molecule has 0 saturated heterocycles. The summed E-state index contributed by atoms with van der Waals surface area (Å²) in [6.07, 6.45) is 7.11. The molecule has 0 nitrogen and oxygen atoms in total. The molecule has 3 aromatic carbocycles. The van der Waals surface area contributed by atoms with E-state index < -0.39 is 0 Å². The van der Waals surface area contributed by atoms with E-state index in [4.69, 9.17) is 0 Å². The molecule has 2 aliphatic carbocycles. The van der Waals surface area contributed by atoms with Crippen LogP contribution in [0.4, 0.5) is 0 Å². The summed E-state index contributed by atoms with van der Waals surface area (Å²) >= 11 is 0. The lowest BCUT2D eigenvalue weighted by atomic mass is 9.74. The highest BCUT2D eigenvalue weighted by Gasteiger charge is 2.43. The molecule has 2 aliphatic rings. The van der Waals surface area contributed by atoms with Crippen molar-refractivity contribution in [3.05, 3.63) is 131 Å². The first-order chi connectivity index (χ1) is 13.4. The molecule has 0 radical (unpaired) electrons. The SMILES string of the molecule is C1=CC2=C(CC1)[C@H](c1ccccc1)[C@H](c1ccccc1)[C@@H]2c1ccccc1. The number of rotatable bonds is 3. The fourth-order valence-corrected chi connectivity index (χ4v) is 5.12. The standard InChI is InChI=1S/C27H24/c1-4-12-20(13-5-1)25-23-18-10-11-19-24(23)26(21-14-6-2-7-15-21)27(25)22-16-8-3-9-17-22/h1-10,12-18,25-27H,11,19H2/t25-,26+,27-/m1/s1. The van der Waals surface area contributed by atoms with Crippen LogP contribution in [-0.2, 0) is 0 Å². The second-order valence-electron chi connectivity index (χ2n) is 7.63. The van der Waals surface area contributed by atoms with Crippen LogP contribution in [0.15, 0.2) is 114 Å². The van der Waals surface area contributed by atoms with Crippen LogP contribution in [0, 0.1) is 0 Å². The van der Waals surface area contributed by atoms with Gasteiger partial charge in [-0.25, -0.2) is 0 Å². The van der Waals surface area contributed by atoms with Gasteiger partial charge in [0, 0.05) is 17.8 Å². The van der Waals surface area contributed by atoms with Gasteiger partial charge in [0.05, 0.1) is 0 Å². The number of allylic oxidation sites excluding steroid dienone is 4. The highest BCUT2D eigenvalue weighted by molar-refractivity contribution is 5.55. The maximum absolute atomic E-state index is 2.41. The molecule has 27 heavy (non-hydrogen) atoms. The van der Waals surface area contributed by atoms with Crippen LogP contribution < -0.4 is 0 Å². The Morgan fingerprint density at radius 3 is 1.67 bits per heavy atom. The van der Waals surface area contributed by atoms with Gasteiger partial charge < -0.3 is 0 Å². The van der Waals surface area contributed by atoms with Crippen LogP contribution in [0.3, 0.4) is 0 Å². The van der Waals surface area contributed by atoms with Gasteiger partial charge in [0.1, 0.15) is 0 Å². The predicted octanol–water partition coefficient (Wildman–Crippen LogP) is 7.00. The van der Waals surface area contributed by atoms with E-state index in [1.165, 1.54) is 23.1 Å². The summed E-state index contributed by atoms with van der Waals surface area (Å²) in [6, 6.07) is 33.4. The molecule has 0 unspecified atom stereocenters. The Balaban J connectivity index is 1.73. The lowest BCUT2D eigenvalue weighted by Gasteiger charge is -2.28. The third-order valence-electron chi connectivity index (χ3n) is 6.18. The molecule has 0 fully saturated rings. The Labute approximate surface area is 161 Å². The Morgan fingerprint density at radius 2 is 1.07 bits per heavy atom. The molecule has 0 bridgehead atoms. The Bertz CT molecular complexity index is 964.